The van der Waals surface area contributed by atoms with Crippen molar-refractivity contribution in [1.29, 1.82) is 0 Å². The minimum absolute atomic E-state index is 0.160. The number of hydrogen-bond acceptors (Lipinski definition) is 4. The van der Waals surface area contributed by atoms with Crippen LogP contribution in [0.2, 0.25) is 0 Å². The SMILES string of the molecule is O=C(N=NC(=O)O[Si](c1ccccc1)(c1ccccc1)c1ccccc1)OC1CCCCC1. The smallest absolute Gasteiger partial charge is 0.452 e. The van der Waals surface area contributed by atoms with Crippen LogP contribution in [0, 0.1) is 0 Å². The highest BCUT2D eigenvalue weighted by Crippen LogP contribution is 2.20. The van der Waals surface area contributed by atoms with Crippen molar-refractivity contribution in [1.82, 2.24) is 0 Å². The van der Waals surface area contributed by atoms with Gasteiger partial charge in [0.2, 0.25) is 0 Å². The Balaban J connectivity index is 1.65. The lowest BCUT2D eigenvalue weighted by atomic mass is 9.98. The van der Waals surface area contributed by atoms with Crippen LogP contribution in [0.4, 0.5) is 9.59 Å². The predicted octanol–water partition coefficient (Wildman–Crippen LogP) is 4.71. The van der Waals surface area contributed by atoms with Crippen molar-refractivity contribution in [2.24, 2.45) is 10.2 Å². The molecule has 0 heterocycles. The lowest BCUT2D eigenvalue weighted by Gasteiger charge is -2.31. The Hall–Kier alpha value is -3.58. The largest absolute Gasteiger partial charge is 0.487 e. The summed E-state index contributed by atoms with van der Waals surface area (Å²) in [4.78, 5) is 25.0. The number of carbonyl (C=O) groups excluding carboxylic acids is 2. The van der Waals surface area contributed by atoms with Gasteiger partial charge in [-0.05, 0) is 41.2 Å². The molecule has 3 aromatic rings. The summed E-state index contributed by atoms with van der Waals surface area (Å²) in [5.41, 5.74) is 0. The molecule has 0 radical (unpaired) electrons. The molecule has 33 heavy (non-hydrogen) atoms. The molecule has 0 aliphatic heterocycles. The first-order valence-electron chi connectivity index (χ1n) is 11.2. The van der Waals surface area contributed by atoms with Gasteiger partial charge in [-0.2, -0.15) is 0 Å². The van der Waals surface area contributed by atoms with Crippen molar-refractivity contribution in [2.45, 2.75) is 38.2 Å². The number of nitrogens with zero attached hydrogens (tertiary/aromatic N) is 2. The molecule has 0 aromatic heterocycles. The molecule has 3 aromatic carbocycles. The first-order chi connectivity index (χ1) is 16.2. The molecule has 0 spiro atoms. The van der Waals surface area contributed by atoms with Gasteiger partial charge in [0.15, 0.2) is 0 Å². The van der Waals surface area contributed by atoms with Crippen molar-refractivity contribution in [2.75, 3.05) is 0 Å². The third-order valence-electron chi connectivity index (χ3n) is 5.81. The Kier molecular flexibility index (Phi) is 7.42. The summed E-state index contributed by atoms with van der Waals surface area (Å²) in [6.45, 7) is 0. The zero-order valence-electron chi connectivity index (χ0n) is 18.3. The minimum Gasteiger partial charge on any atom is -0.487 e. The Morgan fingerprint density at radius 3 is 1.52 bits per heavy atom. The van der Waals surface area contributed by atoms with E-state index >= 15 is 0 Å². The fraction of sp³-hybridized carbons (Fsp3) is 0.231. The first-order valence-corrected chi connectivity index (χ1v) is 13.1. The Morgan fingerprint density at radius 2 is 1.06 bits per heavy atom. The molecular formula is C26H26N2O4Si. The van der Waals surface area contributed by atoms with Gasteiger partial charge in [-0.15, -0.1) is 0 Å². The highest BCUT2D eigenvalue weighted by atomic mass is 28.4. The number of ether oxygens (including phenoxy) is 1. The topological polar surface area (TPSA) is 77.3 Å². The van der Waals surface area contributed by atoms with Crippen LogP contribution in [0.1, 0.15) is 32.1 Å². The monoisotopic (exact) mass is 458 g/mol. The van der Waals surface area contributed by atoms with Gasteiger partial charge in [-0.25, -0.2) is 9.59 Å². The zero-order chi connectivity index (χ0) is 22.9. The van der Waals surface area contributed by atoms with E-state index in [4.69, 9.17) is 9.16 Å². The van der Waals surface area contributed by atoms with E-state index in [2.05, 4.69) is 10.2 Å². The summed E-state index contributed by atoms with van der Waals surface area (Å²) in [5, 5.41) is 9.72. The maximum atomic E-state index is 12.9. The Morgan fingerprint density at radius 1 is 0.636 bits per heavy atom. The normalized spacial score (nSPS) is 14.7. The molecule has 1 saturated carbocycles. The second-order valence-corrected chi connectivity index (χ2v) is 11.3. The third-order valence-corrected chi connectivity index (χ3v) is 9.73. The lowest BCUT2D eigenvalue weighted by molar-refractivity contribution is 0.0817. The Labute approximate surface area is 194 Å². The van der Waals surface area contributed by atoms with Gasteiger partial charge in [0, 0.05) is 0 Å². The fourth-order valence-electron chi connectivity index (χ4n) is 4.28. The molecule has 0 bridgehead atoms. The predicted molar refractivity (Wildman–Crippen MR) is 129 cm³/mol. The van der Waals surface area contributed by atoms with Crippen LogP contribution >= 0.6 is 0 Å². The highest BCUT2D eigenvalue weighted by Gasteiger charge is 2.45. The van der Waals surface area contributed by atoms with E-state index in [9.17, 15) is 9.59 Å². The maximum Gasteiger partial charge on any atom is 0.452 e. The molecule has 2 amide bonds. The summed E-state index contributed by atoms with van der Waals surface area (Å²) >= 11 is 0. The molecule has 0 N–H and O–H groups in total. The number of hydrogen-bond donors (Lipinski definition) is 0. The van der Waals surface area contributed by atoms with Crippen molar-refractivity contribution in [3.63, 3.8) is 0 Å². The molecule has 0 unspecified atom stereocenters. The second-order valence-electron chi connectivity index (χ2n) is 7.99. The zero-order valence-corrected chi connectivity index (χ0v) is 19.3. The van der Waals surface area contributed by atoms with Gasteiger partial charge in [0.05, 0.1) is 0 Å². The summed E-state index contributed by atoms with van der Waals surface area (Å²) < 4.78 is 11.5. The van der Waals surface area contributed by atoms with Crippen LogP contribution in [0.3, 0.4) is 0 Å². The molecule has 1 fully saturated rings. The molecular weight excluding hydrogens is 432 g/mol. The summed E-state index contributed by atoms with van der Waals surface area (Å²) in [5.74, 6) is 0. The van der Waals surface area contributed by atoms with Crippen LogP contribution in [0.15, 0.2) is 101 Å². The molecule has 168 valence electrons. The van der Waals surface area contributed by atoms with Gasteiger partial charge in [0.1, 0.15) is 6.10 Å². The van der Waals surface area contributed by atoms with E-state index in [1.165, 1.54) is 0 Å². The molecule has 0 saturated heterocycles. The fourth-order valence-corrected chi connectivity index (χ4v) is 7.92. The first kappa shape index (κ1) is 22.6. The maximum absolute atomic E-state index is 12.9. The molecule has 1 aliphatic carbocycles. The van der Waals surface area contributed by atoms with Gasteiger partial charge in [-0.1, -0.05) is 108 Å². The third kappa shape index (κ3) is 5.43. The number of amides is 2. The van der Waals surface area contributed by atoms with Crippen LogP contribution < -0.4 is 15.6 Å². The van der Waals surface area contributed by atoms with Crippen molar-refractivity contribution in [3.05, 3.63) is 91.0 Å². The quantitative estimate of drug-likeness (QED) is 0.315. The van der Waals surface area contributed by atoms with E-state index in [1.54, 1.807) is 0 Å². The van der Waals surface area contributed by atoms with Gasteiger partial charge in [0.25, 0.3) is 0 Å². The van der Waals surface area contributed by atoms with Crippen LogP contribution in [-0.4, -0.2) is 26.6 Å². The van der Waals surface area contributed by atoms with Gasteiger partial charge in [-0.3, -0.25) is 0 Å². The number of azo groups is 1. The lowest BCUT2D eigenvalue weighted by Crippen LogP contribution is -2.69. The molecule has 6 nitrogen and oxygen atoms in total. The summed E-state index contributed by atoms with van der Waals surface area (Å²) in [7, 11) is -3.26. The van der Waals surface area contributed by atoms with E-state index < -0.39 is 20.5 Å². The minimum atomic E-state index is -3.26. The second kappa shape index (κ2) is 10.8. The van der Waals surface area contributed by atoms with Crippen LogP contribution in [-0.2, 0) is 9.16 Å². The number of carbonyl (C=O) groups is 2. The standard InChI is InChI=1S/C26H26N2O4Si/c29-25(31-21-13-5-1-6-14-21)27-28-26(30)32-33(22-15-7-2-8-16-22,23-17-9-3-10-18-23)24-19-11-4-12-20-24/h2-4,7-12,15-21H,1,5-6,13-14H2. The molecule has 0 atom stereocenters. The average molecular weight is 459 g/mol. The van der Waals surface area contributed by atoms with E-state index in [1.807, 2.05) is 91.0 Å². The molecule has 1 aliphatic rings. The number of benzene rings is 3. The average Bonchev–Trinajstić information content (AvgIpc) is 2.88. The van der Waals surface area contributed by atoms with Gasteiger partial charge < -0.3 is 9.16 Å². The Bertz CT molecular complexity index is 988. The summed E-state index contributed by atoms with van der Waals surface area (Å²) in [6.07, 6.45) is 2.90. The number of rotatable bonds is 5. The van der Waals surface area contributed by atoms with E-state index in [-0.39, 0.29) is 6.10 Å². The van der Waals surface area contributed by atoms with Crippen molar-refractivity contribution >= 4 is 36.1 Å². The van der Waals surface area contributed by atoms with Crippen LogP contribution in [0.5, 0.6) is 0 Å². The van der Waals surface area contributed by atoms with Gasteiger partial charge >= 0.3 is 20.5 Å². The van der Waals surface area contributed by atoms with Crippen molar-refractivity contribution in [3.8, 4) is 0 Å². The van der Waals surface area contributed by atoms with E-state index in [0.717, 1.165) is 47.7 Å². The summed E-state index contributed by atoms with van der Waals surface area (Å²) in [6, 6.07) is 29.0. The van der Waals surface area contributed by atoms with Crippen molar-refractivity contribution < 1.29 is 18.8 Å². The molecule has 7 heteroatoms. The van der Waals surface area contributed by atoms with E-state index in [0.29, 0.717) is 0 Å². The highest BCUT2D eigenvalue weighted by molar-refractivity contribution is 7.07. The van der Waals surface area contributed by atoms with Crippen LogP contribution in [0.25, 0.3) is 0 Å². The molecule has 4 rings (SSSR count).